The number of aromatic amines is 1. The molecule has 0 spiro atoms. The number of nitrogens with two attached hydrogens (primary N) is 2. The maximum Gasteiger partial charge on any atom is 0.265 e. The Kier molecular flexibility index (Phi) is 1.93. The van der Waals surface area contributed by atoms with E-state index >= 15 is 0 Å². The van der Waals surface area contributed by atoms with Gasteiger partial charge in [-0.25, -0.2) is 0 Å². The van der Waals surface area contributed by atoms with Gasteiger partial charge in [-0.15, -0.1) is 0 Å². The molecule has 6 N–H and O–H groups in total. The number of hydrogen-bond acceptors (Lipinski definition) is 2. The third kappa shape index (κ3) is 1.54. The minimum absolute atomic E-state index is 0.00118. The summed E-state index contributed by atoms with van der Waals surface area (Å²) in [6.07, 6.45) is 0. The minimum atomic E-state index is -0.504. The fraction of sp³-hybridized carbons (Fsp3) is 0. The minimum Gasteiger partial charge on any atom is -0.384 e. The molecule has 1 aromatic carbocycles. The molecular formula is C10H10N4O. The highest BCUT2D eigenvalue weighted by molar-refractivity contribution is 6.01. The van der Waals surface area contributed by atoms with Gasteiger partial charge in [0, 0.05) is 16.5 Å². The van der Waals surface area contributed by atoms with E-state index in [4.69, 9.17) is 16.9 Å². The Morgan fingerprint density at radius 3 is 2.60 bits per heavy atom. The first-order valence-corrected chi connectivity index (χ1v) is 4.35. The van der Waals surface area contributed by atoms with Crippen LogP contribution in [-0.4, -0.2) is 16.7 Å². The van der Waals surface area contributed by atoms with Crippen LogP contribution in [0.5, 0.6) is 0 Å². The van der Waals surface area contributed by atoms with Gasteiger partial charge >= 0.3 is 0 Å². The third-order valence-corrected chi connectivity index (χ3v) is 2.20. The SMILES string of the molecule is N=C(N)c1ccc2[nH]c(C(N)=O)cc2c1. The highest BCUT2D eigenvalue weighted by Crippen LogP contribution is 2.16. The molecule has 0 aliphatic rings. The number of amidine groups is 1. The lowest BCUT2D eigenvalue weighted by atomic mass is 10.1. The number of hydrogen-bond donors (Lipinski definition) is 4. The zero-order chi connectivity index (χ0) is 11.0. The normalized spacial score (nSPS) is 10.4. The van der Waals surface area contributed by atoms with Crippen molar-refractivity contribution in [2.75, 3.05) is 0 Å². The molecule has 0 bridgehead atoms. The lowest BCUT2D eigenvalue weighted by Crippen LogP contribution is -2.10. The molecule has 5 heteroatoms. The van der Waals surface area contributed by atoms with Crippen LogP contribution < -0.4 is 11.5 Å². The summed E-state index contributed by atoms with van der Waals surface area (Å²) >= 11 is 0. The summed E-state index contributed by atoms with van der Waals surface area (Å²) in [5.41, 5.74) is 12.3. The number of rotatable bonds is 2. The van der Waals surface area contributed by atoms with Gasteiger partial charge in [0.1, 0.15) is 11.5 Å². The van der Waals surface area contributed by atoms with Gasteiger partial charge in [0.15, 0.2) is 0 Å². The van der Waals surface area contributed by atoms with E-state index in [1.54, 1.807) is 24.3 Å². The molecule has 0 aliphatic carbocycles. The zero-order valence-corrected chi connectivity index (χ0v) is 7.87. The lowest BCUT2D eigenvalue weighted by molar-refractivity contribution is 0.0996. The quantitative estimate of drug-likeness (QED) is 0.421. The van der Waals surface area contributed by atoms with Crippen molar-refractivity contribution in [1.82, 2.24) is 4.98 Å². The summed E-state index contributed by atoms with van der Waals surface area (Å²) in [4.78, 5) is 13.8. The van der Waals surface area contributed by atoms with Gasteiger partial charge in [-0.05, 0) is 24.3 Å². The van der Waals surface area contributed by atoms with Crippen molar-refractivity contribution in [3.05, 3.63) is 35.5 Å². The fourth-order valence-corrected chi connectivity index (χ4v) is 1.43. The first kappa shape index (κ1) is 9.26. The van der Waals surface area contributed by atoms with Crippen molar-refractivity contribution in [1.29, 1.82) is 5.41 Å². The molecule has 5 nitrogen and oxygen atoms in total. The largest absolute Gasteiger partial charge is 0.384 e. The smallest absolute Gasteiger partial charge is 0.265 e. The van der Waals surface area contributed by atoms with Crippen LogP contribution in [0, 0.1) is 5.41 Å². The molecular weight excluding hydrogens is 192 g/mol. The number of benzene rings is 1. The van der Waals surface area contributed by atoms with Crippen molar-refractivity contribution in [2.45, 2.75) is 0 Å². The summed E-state index contributed by atoms with van der Waals surface area (Å²) in [6.45, 7) is 0. The van der Waals surface area contributed by atoms with Gasteiger partial charge in [-0.2, -0.15) is 0 Å². The van der Waals surface area contributed by atoms with Gasteiger partial charge in [0.25, 0.3) is 5.91 Å². The number of aromatic nitrogens is 1. The highest BCUT2D eigenvalue weighted by atomic mass is 16.1. The van der Waals surface area contributed by atoms with Crippen LogP contribution in [-0.2, 0) is 0 Å². The predicted octanol–water partition coefficient (Wildman–Crippen LogP) is 0.551. The molecule has 2 aromatic rings. The average molecular weight is 202 g/mol. The topological polar surface area (TPSA) is 109 Å². The molecule has 1 aromatic heterocycles. The van der Waals surface area contributed by atoms with E-state index < -0.39 is 5.91 Å². The second-order valence-corrected chi connectivity index (χ2v) is 3.26. The number of primary amides is 1. The Morgan fingerprint density at radius 1 is 1.27 bits per heavy atom. The molecule has 0 saturated heterocycles. The molecule has 76 valence electrons. The standard InChI is InChI=1S/C10H10N4O/c11-9(12)5-1-2-7-6(3-5)4-8(14-7)10(13)15/h1-4,14H,(H3,11,12)(H2,13,15). The van der Waals surface area contributed by atoms with Crippen LogP contribution in [0.3, 0.4) is 0 Å². The molecule has 0 radical (unpaired) electrons. The number of nitrogen functional groups attached to an aromatic ring is 1. The first-order valence-electron chi connectivity index (χ1n) is 4.35. The molecule has 0 unspecified atom stereocenters. The van der Waals surface area contributed by atoms with Crippen LogP contribution in [0.15, 0.2) is 24.3 Å². The van der Waals surface area contributed by atoms with E-state index in [0.717, 1.165) is 10.9 Å². The van der Waals surface area contributed by atoms with E-state index in [-0.39, 0.29) is 5.84 Å². The molecule has 1 amide bonds. The molecule has 15 heavy (non-hydrogen) atoms. The average Bonchev–Trinajstić information content (AvgIpc) is 2.59. The number of nitrogens with one attached hydrogen (secondary N) is 2. The van der Waals surface area contributed by atoms with Crippen molar-refractivity contribution in [3.63, 3.8) is 0 Å². The predicted molar refractivity (Wildman–Crippen MR) is 57.8 cm³/mol. The second kappa shape index (κ2) is 3.13. The highest BCUT2D eigenvalue weighted by Gasteiger charge is 2.06. The summed E-state index contributed by atoms with van der Waals surface area (Å²) in [5, 5.41) is 8.09. The van der Waals surface area contributed by atoms with Gasteiger partial charge < -0.3 is 16.5 Å². The van der Waals surface area contributed by atoms with Crippen LogP contribution >= 0.6 is 0 Å². The van der Waals surface area contributed by atoms with Crippen LogP contribution in [0.1, 0.15) is 16.1 Å². The van der Waals surface area contributed by atoms with E-state index in [2.05, 4.69) is 4.98 Å². The van der Waals surface area contributed by atoms with E-state index in [1.807, 2.05) is 0 Å². The van der Waals surface area contributed by atoms with Crippen LogP contribution in [0.4, 0.5) is 0 Å². The van der Waals surface area contributed by atoms with E-state index in [0.29, 0.717) is 11.3 Å². The monoisotopic (exact) mass is 202 g/mol. The van der Waals surface area contributed by atoms with Gasteiger partial charge in [-0.3, -0.25) is 10.2 Å². The summed E-state index contributed by atoms with van der Waals surface area (Å²) < 4.78 is 0. The Balaban J connectivity index is 2.62. The zero-order valence-electron chi connectivity index (χ0n) is 7.87. The van der Waals surface area contributed by atoms with Crippen molar-refractivity contribution >= 4 is 22.6 Å². The number of H-pyrrole nitrogens is 1. The van der Waals surface area contributed by atoms with Gasteiger partial charge in [0.05, 0.1) is 0 Å². The second-order valence-electron chi connectivity index (χ2n) is 3.26. The Bertz CT molecular complexity index is 544. The Hall–Kier alpha value is -2.30. The Morgan fingerprint density at radius 2 is 2.00 bits per heavy atom. The molecule has 1 heterocycles. The molecule has 0 saturated carbocycles. The molecule has 2 rings (SSSR count). The van der Waals surface area contributed by atoms with Crippen LogP contribution in [0.2, 0.25) is 0 Å². The maximum atomic E-state index is 10.9. The maximum absolute atomic E-state index is 10.9. The Labute approximate surface area is 85.6 Å². The third-order valence-electron chi connectivity index (χ3n) is 2.20. The fourth-order valence-electron chi connectivity index (χ4n) is 1.43. The van der Waals surface area contributed by atoms with Crippen LogP contribution in [0.25, 0.3) is 10.9 Å². The van der Waals surface area contributed by atoms with Crippen molar-refractivity contribution in [3.8, 4) is 0 Å². The van der Waals surface area contributed by atoms with E-state index in [1.165, 1.54) is 0 Å². The molecule has 0 atom stereocenters. The lowest BCUT2D eigenvalue weighted by Gasteiger charge is -1.96. The summed E-state index contributed by atoms with van der Waals surface area (Å²) in [5.74, 6) is -0.505. The summed E-state index contributed by atoms with van der Waals surface area (Å²) in [6, 6.07) is 6.86. The van der Waals surface area contributed by atoms with Gasteiger partial charge in [0.2, 0.25) is 0 Å². The van der Waals surface area contributed by atoms with Crippen molar-refractivity contribution < 1.29 is 4.79 Å². The van der Waals surface area contributed by atoms with E-state index in [9.17, 15) is 4.79 Å². The molecule has 0 fully saturated rings. The molecule has 0 aliphatic heterocycles. The van der Waals surface area contributed by atoms with Crippen molar-refractivity contribution in [2.24, 2.45) is 11.5 Å². The number of carbonyl (C=O) groups is 1. The number of carbonyl (C=O) groups excluding carboxylic acids is 1. The van der Waals surface area contributed by atoms with Gasteiger partial charge in [-0.1, -0.05) is 0 Å². The summed E-state index contributed by atoms with van der Waals surface area (Å²) in [7, 11) is 0. The first-order chi connectivity index (χ1) is 7.08. The number of fused-ring (bicyclic) bond motifs is 1. The number of amides is 1.